The van der Waals surface area contributed by atoms with Crippen molar-refractivity contribution in [1.82, 2.24) is 4.98 Å². The fourth-order valence-corrected chi connectivity index (χ4v) is 4.56. The number of aromatic nitrogens is 1. The number of thioether (sulfide) groups is 1. The van der Waals surface area contributed by atoms with Gasteiger partial charge in [0.25, 0.3) is 0 Å². The molecule has 1 aromatic heterocycles. The fourth-order valence-electron chi connectivity index (χ4n) is 3.01. The van der Waals surface area contributed by atoms with Crippen molar-refractivity contribution in [3.63, 3.8) is 0 Å². The predicted molar refractivity (Wildman–Crippen MR) is 102 cm³/mol. The molecule has 0 aliphatic carbocycles. The molecule has 0 saturated heterocycles. The minimum Gasteiger partial charge on any atom is -0.462 e. The van der Waals surface area contributed by atoms with Crippen molar-refractivity contribution in [2.45, 2.75) is 37.5 Å². The van der Waals surface area contributed by atoms with Gasteiger partial charge in [0, 0.05) is 10.5 Å². The summed E-state index contributed by atoms with van der Waals surface area (Å²) < 4.78 is 5.04. The van der Waals surface area contributed by atoms with Crippen LogP contribution in [0.25, 0.3) is 11.3 Å². The normalized spacial score (nSPS) is 15.1. The van der Waals surface area contributed by atoms with Crippen molar-refractivity contribution in [3.05, 3.63) is 47.2 Å². The van der Waals surface area contributed by atoms with Gasteiger partial charge in [-0.2, -0.15) is 0 Å². The fraction of sp³-hybridized carbons (Fsp3) is 0.333. The lowest BCUT2D eigenvalue weighted by Gasteiger charge is -2.32. The summed E-state index contributed by atoms with van der Waals surface area (Å²) in [6.07, 6.45) is 6.73. The lowest BCUT2D eigenvalue weighted by molar-refractivity contribution is 0.0525. The summed E-state index contributed by atoms with van der Waals surface area (Å²) >= 11 is 1.88. The third-order valence-electron chi connectivity index (χ3n) is 4.52. The number of ether oxygens (including phenoxy) is 1. The van der Waals surface area contributed by atoms with Crippen LogP contribution in [0.4, 0.5) is 0 Å². The summed E-state index contributed by atoms with van der Waals surface area (Å²) in [6.45, 7) is 6.64. The second-order valence-corrected chi connectivity index (χ2v) is 7.79. The Hall–Kier alpha value is -2.25. The summed E-state index contributed by atoms with van der Waals surface area (Å²) in [6, 6.07) is 9.97. The van der Waals surface area contributed by atoms with E-state index >= 15 is 0 Å². The van der Waals surface area contributed by atoms with Crippen LogP contribution in [0.2, 0.25) is 0 Å². The van der Waals surface area contributed by atoms with E-state index in [0.717, 1.165) is 17.0 Å². The summed E-state index contributed by atoms with van der Waals surface area (Å²) in [7, 11) is 0. The molecule has 0 radical (unpaired) electrons. The summed E-state index contributed by atoms with van der Waals surface area (Å²) in [5.41, 5.74) is 4.02. The molecule has 2 aromatic rings. The first-order chi connectivity index (χ1) is 12.0. The highest BCUT2D eigenvalue weighted by molar-refractivity contribution is 7.99. The number of benzene rings is 1. The average molecular weight is 351 g/mol. The van der Waals surface area contributed by atoms with Gasteiger partial charge in [0.05, 0.1) is 17.9 Å². The molecule has 3 rings (SSSR count). The molecule has 25 heavy (non-hydrogen) atoms. The molecule has 0 bridgehead atoms. The third-order valence-corrected chi connectivity index (χ3v) is 5.58. The quantitative estimate of drug-likeness (QED) is 0.594. The van der Waals surface area contributed by atoms with Crippen LogP contribution in [-0.4, -0.2) is 23.3 Å². The summed E-state index contributed by atoms with van der Waals surface area (Å²) in [5, 5.41) is 0. The van der Waals surface area contributed by atoms with Gasteiger partial charge in [0.15, 0.2) is 0 Å². The van der Waals surface area contributed by atoms with Gasteiger partial charge < -0.3 is 4.74 Å². The van der Waals surface area contributed by atoms with E-state index < -0.39 is 5.97 Å². The number of pyridine rings is 1. The maximum Gasteiger partial charge on any atom is 0.341 e. The molecule has 0 atom stereocenters. The van der Waals surface area contributed by atoms with Crippen molar-refractivity contribution in [1.29, 1.82) is 0 Å². The molecular weight excluding hydrogens is 330 g/mol. The third kappa shape index (κ3) is 3.43. The van der Waals surface area contributed by atoms with Gasteiger partial charge in [-0.25, -0.2) is 9.78 Å². The number of carbonyl (C=O) groups is 1. The second-order valence-electron chi connectivity index (χ2n) is 6.65. The van der Waals surface area contributed by atoms with Crippen LogP contribution in [0.15, 0.2) is 35.2 Å². The van der Waals surface area contributed by atoms with Gasteiger partial charge in [-0.3, -0.25) is 0 Å². The molecule has 0 spiro atoms. The van der Waals surface area contributed by atoms with Crippen LogP contribution >= 0.6 is 11.8 Å². The molecule has 0 saturated carbocycles. The first-order valence-corrected chi connectivity index (χ1v) is 9.37. The van der Waals surface area contributed by atoms with Gasteiger partial charge in [0.1, 0.15) is 5.69 Å². The van der Waals surface area contributed by atoms with Crippen molar-refractivity contribution in [2.75, 3.05) is 12.4 Å². The molecule has 1 aliphatic rings. The van der Waals surface area contributed by atoms with Crippen LogP contribution in [0.1, 0.15) is 48.8 Å². The monoisotopic (exact) mass is 351 g/mol. The zero-order valence-electron chi connectivity index (χ0n) is 14.8. The Labute approximate surface area is 153 Å². The number of esters is 1. The molecule has 0 N–H and O–H groups in total. The highest BCUT2D eigenvalue weighted by Crippen LogP contribution is 2.42. The van der Waals surface area contributed by atoms with Crippen molar-refractivity contribution in [3.8, 4) is 23.6 Å². The zero-order chi connectivity index (χ0) is 18.0. The highest BCUT2D eigenvalue weighted by atomic mass is 32.2. The predicted octanol–water partition coefficient (Wildman–Crippen LogP) is 4.68. The first kappa shape index (κ1) is 17.6. The lowest BCUT2D eigenvalue weighted by Crippen LogP contribution is -2.22. The molecule has 1 aromatic carbocycles. The maximum atomic E-state index is 12.0. The van der Waals surface area contributed by atoms with Crippen LogP contribution in [0.5, 0.6) is 0 Å². The number of carbonyl (C=O) groups excluding carboxylic acids is 1. The summed E-state index contributed by atoms with van der Waals surface area (Å²) in [5.74, 6) is 3.19. The largest absolute Gasteiger partial charge is 0.462 e. The van der Waals surface area contributed by atoms with Crippen molar-refractivity contribution < 1.29 is 9.53 Å². The number of hydrogen-bond donors (Lipinski definition) is 0. The van der Waals surface area contributed by atoms with Gasteiger partial charge in [-0.05, 0) is 54.2 Å². The Morgan fingerprint density at radius 3 is 2.88 bits per heavy atom. The van der Waals surface area contributed by atoms with E-state index in [4.69, 9.17) is 11.2 Å². The van der Waals surface area contributed by atoms with E-state index in [1.807, 2.05) is 17.8 Å². The topological polar surface area (TPSA) is 39.2 Å². The standard InChI is InChI=1S/C21H21NO2S/c1-5-17-15(20(23)24-6-2)8-10-18(22-17)14-7-9-16-19(13-14)25-12-11-21(16,3)4/h1,7-10,13H,6,11-12H2,2-4H3. The van der Waals surface area contributed by atoms with Crippen LogP contribution in [0, 0.1) is 12.3 Å². The summed E-state index contributed by atoms with van der Waals surface area (Å²) in [4.78, 5) is 17.8. The molecule has 1 aliphatic heterocycles. The zero-order valence-corrected chi connectivity index (χ0v) is 15.6. The van der Waals surface area contributed by atoms with E-state index in [1.165, 1.54) is 16.9 Å². The Kier molecular flexibility index (Phi) is 4.87. The molecule has 4 heteroatoms. The smallest absolute Gasteiger partial charge is 0.341 e. The minimum absolute atomic E-state index is 0.199. The molecule has 128 valence electrons. The van der Waals surface area contributed by atoms with E-state index in [2.05, 4.69) is 43.0 Å². The molecule has 2 heterocycles. The van der Waals surface area contributed by atoms with Crippen LogP contribution in [-0.2, 0) is 10.2 Å². The van der Waals surface area contributed by atoms with Crippen molar-refractivity contribution >= 4 is 17.7 Å². The Bertz CT molecular complexity index is 865. The molecular formula is C21H21NO2S. The SMILES string of the molecule is C#Cc1nc(-c2ccc3c(c2)SCCC3(C)C)ccc1C(=O)OCC. The van der Waals surface area contributed by atoms with Crippen LogP contribution < -0.4 is 0 Å². The molecule has 0 unspecified atom stereocenters. The number of fused-ring (bicyclic) bond motifs is 1. The second kappa shape index (κ2) is 6.93. The molecule has 0 fully saturated rings. The van der Waals surface area contributed by atoms with E-state index in [-0.39, 0.29) is 5.41 Å². The van der Waals surface area contributed by atoms with Gasteiger partial charge in [-0.15, -0.1) is 18.2 Å². The number of hydrogen-bond acceptors (Lipinski definition) is 4. The number of rotatable bonds is 3. The lowest BCUT2D eigenvalue weighted by atomic mass is 9.81. The Morgan fingerprint density at radius 2 is 2.16 bits per heavy atom. The van der Waals surface area contributed by atoms with Gasteiger partial charge in [0.2, 0.25) is 0 Å². The van der Waals surface area contributed by atoms with Gasteiger partial charge in [-0.1, -0.05) is 26.0 Å². The van der Waals surface area contributed by atoms with E-state index in [1.54, 1.807) is 13.0 Å². The number of terminal acetylenes is 1. The van der Waals surface area contributed by atoms with Gasteiger partial charge >= 0.3 is 5.97 Å². The first-order valence-electron chi connectivity index (χ1n) is 8.38. The minimum atomic E-state index is -0.433. The molecule has 0 amide bonds. The van der Waals surface area contributed by atoms with E-state index in [0.29, 0.717) is 17.9 Å². The maximum absolute atomic E-state index is 12.0. The highest BCUT2D eigenvalue weighted by Gasteiger charge is 2.28. The Morgan fingerprint density at radius 1 is 1.36 bits per heavy atom. The number of nitrogens with zero attached hydrogens (tertiary/aromatic N) is 1. The van der Waals surface area contributed by atoms with Crippen molar-refractivity contribution in [2.24, 2.45) is 0 Å². The van der Waals surface area contributed by atoms with E-state index in [9.17, 15) is 4.79 Å². The average Bonchev–Trinajstić information content (AvgIpc) is 2.60. The van der Waals surface area contributed by atoms with Crippen LogP contribution in [0.3, 0.4) is 0 Å². The molecule has 3 nitrogen and oxygen atoms in total. The Balaban J connectivity index is 2.00.